The molecule has 1 aromatic heterocycles. The number of hydrogen-bond acceptors (Lipinski definition) is 6. The molecule has 2 N–H and O–H groups in total. The Kier molecular flexibility index (Phi) is 7.03. The van der Waals surface area contributed by atoms with Gasteiger partial charge in [-0.05, 0) is 30.7 Å². The monoisotopic (exact) mass is 425 g/mol. The lowest BCUT2D eigenvalue weighted by molar-refractivity contribution is -0.115. The molecule has 1 heterocycles. The number of amides is 2. The predicted octanol–water partition coefficient (Wildman–Crippen LogP) is 3.43. The Morgan fingerprint density at radius 2 is 1.87 bits per heavy atom. The first-order valence-electron chi connectivity index (χ1n) is 9.29. The number of benzene rings is 2. The van der Waals surface area contributed by atoms with Crippen LogP contribution in [-0.2, 0) is 11.2 Å². The Morgan fingerprint density at radius 3 is 2.60 bits per heavy atom. The van der Waals surface area contributed by atoms with Crippen molar-refractivity contribution in [1.82, 2.24) is 10.3 Å². The molecule has 0 aliphatic rings. The van der Waals surface area contributed by atoms with Crippen LogP contribution >= 0.6 is 11.3 Å². The molecule has 156 valence electrons. The van der Waals surface area contributed by atoms with Gasteiger partial charge in [-0.25, -0.2) is 4.98 Å². The number of ether oxygens (including phenoxy) is 2. The molecule has 0 atom stereocenters. The van der Waals surface area contributed by atoms with Crippen LogP contribution in [0.4, 0.5) is 5.13 Å². The average molecular weight is 426 g/mol. The summed E-state index contributed by atoms with van der Waals surface area (Å²) in [7, 11) is 3.01. The van der Waals surface area contributed by atoms with E-state index in [-0.39, 0.29) is 18.4 Å². The number of carbonyl (C=O) groups excluding carboxylic acids is 2. The second-order valence-corrected chi connectivity index (χ2v) is 7.71. The van der Waals surface area contributed by atoms with E-state index in [0.717, 1.165) is 11.3 Å². The molecule has 2 aromatic carbocycles. The fourth-order valence-corrected chi connectivity index (χ4v) is 3.74. The number of aromatic nitrogens is 1. The number of hydrogen-bond donors (Lipinski definition) is 2. The number of rotatable bonds is 8. The summed E-state index contributed by atoms with van der Waals surface area (Å²) >= 11 is 1.42. The molecule has 0 spiro atoms. The van der Waals surface area contributed by atoms with Crippen LogP contribution in [0, 0.1) is 6.92 Å². The zero-order valence-electron chi connectivity index (χ0n) is 17.0. The first-order valence-corrected chi connectivity index (χ1v) is 10.1. The van der Waals surface area contributed by atoms with E-state index in [4.69, 9.17) is 9.47 Å². The van der Waals surface area contributed by atoms with E-state index in [9.17, 15) is 9.59 Å². The summed E-state index contributed by atoms with van der Waals surface area (Å²) in [6, 6.07) is 13.1. The van der Waals surface area contributed by atoms with Crippen molar-refractivity contribution < 1.29 is 19.1 Å². The zero-order chi connectivity index (χ0) is 21.5. The Hall–Kier alpha value is -3.39. The van der Waals surface area contributed by atoms with Crippen molar-refractivity contribution in [2.24, 2.45) is 0 Å². The van der Waals surface area contributed by atoms with Crippen molar-refractivity contribution in [3.05, 3.63) is 70.2 Å². The van der Waals surface area contributed by atoms with E-state index < -0.39 is 0 Å². The fraction of sp³-hybridized carbons (Fsp3) is 0.227. The molecular formula is C22H23N3O4S. The van der Waals surface area contributed by atoms with Gasteiger partial charge >= 0.3 is 0 Å². The Morgan fingerprint density at radius 1 is 1.07 bits per heavy atom. The number of thiazole rings is 1. The van der Waals surface area contributed by atoms with Crippen molar-refractivity contribution >= 4 is 28.3 Å². The van der Waals surface area contributed by atoms with Gasteiger partial charge in [0.15, 0.2) is 16.6 Å². The van der Waals surface area contributed by atoms with Crippen LogP contribution in [0.1, 0.15) is 26.4 Å². The molecule has 0 aliphatic heterocycles. The first-order chi connectivity index (χ1) is 14.5. The fourth-order valence-electron chi connectivity index (χ4n) is 2.87. The summed E-state index contributed by atoms with van der Waals surface area (Å²) in [4.78, 5) is 29.8. The molecule has 0 aliphatic carbocycles. The summed E-state index contributed by atoms with van der Waals surface area (Å²) < 4.78 is 10.3. The molecular weight excluding hydrogens is 402 g/mol. The second kappa shape index (κ2) is 9.89. The highest BCUT2D eigenvalue weighted by molar-refractivity contribution is 7.15. The molecule has 2 amide bonds. The maximum absolute atomic E-state index is 12.3. The lowest BCUT2D eigenvalue weighted by Gasteiger charge is -2.10. The molecule has 7 nitrogen and oxygen atoms in total. The van der Waals surface area contributed by atoms with E-state index in [0.29, 0.717) is 22.2 Å². The molecule has 3 aromatic rings. The van der Waals surface area contributed by atoms with E-state index in [1.54, 1.807) is 24.4 Å². The highest BCUT2D eigenvalue weighted by Crippen LogP contribution is 2.27. The van der Waals surface area contributed by atoms with Gasteiger partial charge in [-0.3, -0.25) is 9.59 Å². The van der Waals surface area contributed by atoms with Crippen LogP contribution in [-0.4, -0.2) is 37.6 Å². The zero-order valence-corrected chi connectivity index (χ0v) is 17.8. The lowest BCUT2D eigenvalue weighted by atomic mass is 10.1. The largest absolute Gasteiger partial charge is 0.493 e. The topological polar surface area (TPSA) is 89.5 Å². The van der Waals surface area contributed by atoms with Gasteiger partial charge in [-0.2, -0.15) is 0 Å². The predicted molar refractivity (Wildman–Crippen MR) is 117 cm³/mol. The van der Waals surface area contributed by atoms with Gasteiger partial charge in [-0.1, -0.05) is 29.8 Å². The molecule has 0 fully saturated rings. The van der Waals surface area contributed by atoms with E-state index >= 15 is 0 Å². The number of carbonyl (C=O) groups is 2. The van der Waals surface area contributed by atoms with Gasteiger partial charge < -0.3 is 20.1 Å². The molecule has 8 heteroatoms. The average Bonchev–Trinajstić information content (AvgIpc) is 3.17. The molecule has 0 saturated carbocycles. The van der Waals surface area contributed by atoms with Crippen molar-refractivity contribution in [2.75, 3.05) is 26.1 Å². The van der Waals surface area contributed by atoms with E-state index in [1.165, 1.54) is 36.7 Å². The number of aryl methyl sites for hydroxylation is 1. The number of nitrogens with zero attached hydrogens (tertiary/aromatic N) is 1. The summed E-state index contributed by atoms with van der Waals surface area (Å²) in [6.45, 7) is 1.89. The van der Waals surface area contributed by atoms with Crippen molar-refractivity contribution in [2.45, 2.75) is 13.3 Å². The summed E-state index contributed by atoms with van der Waals surface area (Å²) in [5.41, 5.74) is 2.77. The standard InChI is InChI=1S/C22H23N3O4S/c1-14-5-4-6-15(9-14)10-17-12-24-22(30-17)25-20(26)13-23-21(27)16-7-8-18(28-2)19(11-16)29-3/h4-9,11-12H,10,13H2,1-3H3,(H,23,27)(H,24,25,26). The van der Waals surface area contributed by atoms with Crippen LogP contribution in [0.5, 0.6) is 11.5 Å². The molecule has 0 saturated heterocycles. The maximum Gasteiger partial charge on any atom is 0.251 e. The maximum atomic E-state index is 12.3. The highest BCUT2D eigenvalue weighted by Gasteiger charge is 2.13. The molecule has 0 unspecified atom stereocenters. The minimum absolute atomic E-state index is 0.167. The molecule has 0 radical (unpaired) electrons. The molecule has 3 rings (SSSR count). The third-order valence-electron chi connectivity index (χ3n) is 4.32. The smallest absolute Gasteiger partial charge is 0.251 e. The number of anilines is 1. The van der Waals surface area contributed by atoms with Crippen molar-refractivity contribution in [3.8, 4) is 11.5 Å². The van der Waals surface area contributed by atoms with Crippen LogP contribution in [0.2, 0.25) is 0 Å². The molecule has 0 bridgehead atoms. The summed E-state index contributed by atoms with van der Waals surface area (Å²) in [5, 5.41) is 5.81. The van der Waals surface area contributed by atoms with Crippen LogP contribution in [0.25, 0.3) is 0 Å². The van der Waals surface area contributed by atoms with Crippen LogP contribution in [0.3, 0.4) is 0 Å². The second-order valence-electron chi connectivity index (χ2n) is 6.60. The number of nitrogens with one attached hydrogen (secondary N) is 2. The Bertz CT molecular complexity index is 1050. The van der Waals surface area contributed by atoms with E-state index in [2.05, 4.69) is 40.7 Å². The van der Waals surface area contributed by atoms with Crippen LogP contribution < -0.4 is 20.1 Å². The van der Waals surface area contributed by atoms with Crippen molar-refractivity contribution in [3.63, 3.8) is 0 Å². The Labute approximate surface area is 179 Å². The van der Waals surface area contributed by atoms with Gasteiger partial charge in [0.1, 0.15) is 0 Å². The van der Waals surface area contributed by atoms with Gasteiger partial charge in [0, 0.05) is 23.1 Å². The highest BCUT2D eigenvalue weighted by atomic mass is 32.1. The van der Waals surface area contributed by atoms with E-state index in [1.807, 2.05) is 6.07 Å². The third kappa shape index (κ3) is 5.57. The quantitative estimate of drug-likeness (QED) is 0.577. The Balaban J connectivity index is 1.52. The minimum atomic E-state index is -0.384. The van der Waals surface area contributed by atoms with Crippen LogP contribution in [0.15, 0.2) is 48.7 Å². The summed E-state index contributed by atoms with van der Waals surface area (Å²) in [6.07, 6.45) is 2.51. The van der Waals surface area contributed by atoms with Gasteiger partial charge in [0.25, 0.3) is 5.91 Å². The molecule has 30 heavy (non-hydrogen) atoms. The van der Waals surface area contributed by atoms with Gasteiger partial charge in [0.05, 0.1) is 20.8 Å². The van der Waals surface area contributed by atoms with Gasteiger partial charge in [-0.15, -0.1) is 11.3 Å². The minimum Gasteiger partial charge on any atom is -0.493 e. The van der Waals surface area contributed by atoms with Crippen molar-refractivity contribution in [1.29, 1.82) is 0 Å². The summed E-state index contributed by atoms with van der Waals surface area (Å²) in [5.74, 6) is 0.237. The normalized spacial score (nSPS) is 10.4. The SMILES string of the molecule is COc1ccc(C(=O)NCC(=O)Nc2ncc(Cc3cccc(C)c3)s2)cc1OC. The lowest BCUT2D eigenvalue weighted by Crippen LogP contribution is -2.32. The van der Waals surface area contributed by atoms with Gasteiger partial charge in [0.2, 0.25) is 5.91 Å². The first kappa shape index (κ1) is 21.3. The number of methoxy groups -OCH3 is 2. The third-order valence-corrected chi connectivity index (χ3v) is 5.23.